The summed E-state index contributed by atoms with van der Waals surface area (Å²) < 4.78 is 49.1. The molecule has 0 aliphatic rings. The van der Waals surface area contributed by atoms with Gasteiger partial charge in [0.05, 0.1) is 6.54 Å². The fourth-order valence-electron chi connectivity index (χ4n) is 1.15. The summed E-state index contributed by atoms with van der Waals surface area (Å²) in [4.78, 5) is 0. The highest BCUT2D eigenvalue weighted by molar-refractivity contribution is 7.91. The minimum absolute atomic E-state index is 0.0590. The largest absolute Gasteiger partial charge is 0.310 e. The number of hydrogen-bond donors (Lipinski definition) is 2. The Hall–Kier alpha value is -0.570. The molecule has 1 rings (SSSR count). The van der Waals surface area contributed by atoms with Gasteiger partial charge >= 0.3 is 0 Å². The van der Waals surface area contributed by atoms with E-state index in [4.69, 9.17) is 0 Å². The number of hydrogen-bond acceptors (Lipinski definition) is 4. The second-order valence-electron chi connectivity index (χ2n) is 4.05. The van der Waals surface area contributed by atoms with Crippen LogP contribution in [0.5, 0.6) is 0 Å². The Labute approximate surface area is 109 Å². The molecule has 4 nitrogen and oxygen atoms in total. The third kappa shape index (κ3) is 4.97. The number of nitrogens with one attached hydrogen (secondary N) is 2. The van der Waals surface area contributed by atoms with Crippen LogP contribution in [0.3, 0.4) is 0 Å². The van der Waals surface area contributed by atoms with Gasteiger partial charge in [0, 0.05) is 12.6 Å². The van der Waals surface area contributed by atoms with Gasteiger partial charge in [0.2, 0.25) is 10.0 Å². The van der Waals surface area contributed by atoms with Crippen molar-refractivity contribution in [1.29, 1.82) is 0 Å². The van der Waals surface area contributed by atoms with Gasteiger partial charge in [-0.25, -0.2) is 21.9 Å². The van der Waals surface area contributed by atoms with E-state index in [1.807, 2.05) is 18.6 Å². The second kappa shape index (κ2) is 6.55. The Morgan fingerprint density at radius 1 is 1.39 bits per heavy atom. The molecule has 0 atom stereocenters. The van der Waals surface area contributed by atoms with Crippen molar-refractivity contribution >= 4 is 21.4 Å². The molecule has 8 heteroatoms. The average molecular weight is 298 g/mol. The van der Waals surface area contributed by atoms with Crippen molar-refractivity contribution in [2.45, 2.75) is 37.1 Å². The smallest absolute Gasteiger partial charge is 0.251 e. The first kappa shape index (κ1) is 15.5. The van der Waals surface area contributed by atoms with Crippen LogP contribution in [-0.2, 0) is 16.6 Å². The first-order chi connectivity index (χ1) is 8.31. The zero-order valence-corrected chi connectivity index (χ0v) is 11.7. The van der Waals surface area contributed by atoms with E-state index in [0.717, 1.165) is 16.9 Å². The number of alkyl halides is 2. The molecule has 2 N–H and O–H groups in total. The van der Waals surface area contributed by atoms with Gasteiger partial charge in [-0.15, -0.1) is 11.3 Å². The van der Waals surface area contributed by atoms with Gasteiger partial charge in [-0.05, 0) is 17.0 Å². The summed E-state index contributed by atoms with van der Waals surface area (Å²) in [6, 6.07) is 1.79. The predicted molar refractivity (Wildman–Crippen MR) is 67.5 cm³/mol. The van der Waals surface area contributed by atoms with Gasteiger partial charge in [0.15, 0.2) is 0 Å². The minimum Gasteiger partial charge on any atom is -0.310 e. The van der Waals surface area contributed by atoms with E-state index in [1.54, 1.807) is 5.38 Å². The van der Waals surface area contributed by atoms with Crippen molar-refractivity contribution in [3.63, 3.8) is 0 Å². The Bertz CT molecular complexity index is 472. The van der Waals surface area contributed by atoms with Crippen LogP contribution in [0.1, 0.15) is 19.4 Å². The fraction of sp³-hybridized carbons (Fsp3) is 0.600. The van der Waals surface area contributed by atoms with E-state index in [9.17, 15) is 17.2 Å². The molecule has 0 amide bonds. The summed E-state index contributed by atoms with van der Waals surface area (Å²) in [5.74, 6) is 0. The first-order valence-electron chi connectivity index (χ1n) is 5.40. The number of sulfonamides is 1. The lowest BCUT2D eigenvalue weighted by Gasteiger charge is -2.05. The molecule has 1 aromatic heterocycles. The highest BCUT2D eigenvalue weighted by atomic mass is 32.2. The summed E-state index contributed by atoms with van der Waals surface area (Å²) in [6.45, 7) is 3.65. The van der Waals surface area contributed by atoms with Crippen molar-refractivity contribution in [1.82, 2.24) is 10.0 Å². The highest BCUT2D eigenvalue weighted by Gasteiger charge is 2.18. The van der Waals surface area contributed by atoms with Crippen LogP contribution < -0.4 is 10.0 Å². The molecule has 0 saturated carbocycles. The number of rotatable bonds is 7. The second-order valence-corrected chi connectivity index (χ2v) is 6.96. The summed E-state index contributed by atoms with van der Waals surface area (Å²) in [5, 5.41) is 4.85. The van der Waals surface area contributed by atoms with Crippen molar-refractivity contribution in [3.8, 4) is 0 Å². The minimum atomic E-state index is -3.81. The van der Waals surface area contributed by atoms with Crippen LogP contribution in [0, 0.1) is 0 Å². The first-order valence-corrected chi connectivity index (χ1v) is 7.76. The van der Waals surface area contributed by atoms with Gasteiger partial charge in [-0.3, -0.25) is 0 Å². The van der Waals surface area contributed by atoms with Crippen molar-refractivity contribution in [2.75, 3.05) is 6.54 Å². The molecule has 18 heavy (non-hydrogen) atoms. The molecule has 0 aliphatic heterocycles. The van der Waals surface area contributed by atoms with Gasteiger partial charge < -0.3 is 5.32 Å². The van der Waals surface area contributed by atoms with Crippen molar-refractivity contribution in [2.24, 2.45) is 0 Å². The van der Waals surface area contributed by atoms with E-state index in [1.165, 1.54) is 6.07 Å². The Morgan fingerprint density at radius 3 is 2.61 bits per heavy atom. The van der Waals surface area contributed by atoms with E-state index in [-0.39, 0.29) is 4.21 Å². The number of halogens is 2. The maximum absolute atomic E-state index is 12.0. The maximum atomic E-state index is 12.0. The molecular weight excluding hydrogens is 282 g/mol. The molecule has 0 radical (unpaired) electrons. The van der Waals surface area contributed by atoms with Crippen LogP contribution >= 0.6 is 11.3 Å². The monoisotopic (exact) mass is 298 g/mol. The predicted octanol–water partition coefficient (Wildman–Crippen LogP) is 1.79. The molecule has 1 heterocycles. The molecular formula is C10H16F2N2O2S2. The Kier molecular flexibility index (Phi) is 5.64. The van der Waals surface area contributed by atoms with Gasteiger partial charge in [-0.2, -0.15) is 0 Å². The molecule has 0 aliphatic carbocycles. The van der Waals surface area contributed by atoms with Gasteiger partial charge in [0.25, 0.3) is 6.43 Å². The SMILES string of the molecule is CC(C)NCc1csc(S(=O)(=O)NCC(F)F)c1. The molecule has 0 spiro atoms. The van der Waals surface area contributed by atoms with Crippen LogP contribution in [0.2, 0.25) is 0 Å². The lowest BCUT2D eigenvalue weighted by atomic mass is 10.3. The third-order valence-corrected chi connectivity index (χ3v) is 4.95. The van der Waals surface area contributed by atoms with E-state index < -0.39 is 23.0 Å². The molecule has 0 aromatic carbocycles. The average Bonchev–Trinajstić information content (AvgIpc) is 2.73. The summed E-state index contributed by atoms with van der Waals surface area (Å²) in [7, 11) is -3.81. The molecule has 0 fully saturated rings. The Morgan fingerprint density at radius 2 is 2.06 bits per heavy atom. The zero-order valence-electron chi connectivity index (χ0n) is 10.1. The topological polar surface area (TPSA) is 58.2 Å². The fourth-order valence-corrected chi connectivity index (χ4v) is 3.41. The molecule has 0 saturated heterocycles. The van der Waals surface area contributed by atoms with Crippen molar-refractivity contribution < 1.29 is 17.2 Å². The molecule has 0 bridgehead atoms. The van der Waals surface area contributed by atoms with Crippen LogP contribution in [-0.4, -0.2) is 27.4 Å². The maximum Gasteiger partial charge on any atom is 0.251 e. The molecule has 0 unspecified atom stereocenters. The van der Waals surface area contributed by atoms with E-state index >= 15 is 0 Å². The van der Waals surface area contributed by atoms with Crippen LogP contribution in [0.15, 0.2) is 15.7 Å². The summed E-state index contributed by atoms with van der Waals surface area (Å²) in [6.07, 6.45) is -2.69. The lowest BCUT2D eigenvalue weighted by Crippen LogP contribution is -2.28. The summed E-state index contributed by atoms with van der Waals surface area (Å²) in [5.41, 5.74) is 0.825. The third-order valence-electron chi connectivity index (χ3n) is 2.04. The highest BCUT2D eigenvalue weighted by Crippen LogP contribution is 2.20. The normalized spacial score (nSPS) is 12.6. The van der Waals surface area contributed by atoms with E-state index in [0.29, 0.717) is 12.6 Å². The van der Waals surface area contributed by atoms with E-state index in [2.05, 4.69) is 5.32 Å². The Balaban J connectivity index is 2.66. The molecule has 1 aromatic rings. The number of thiophene rings is 1. The van der Waals surface area contributed by atoms with Crippen molar-refractivity contribution in [3.05, 3.63) is 17.0 Å². The molecule has 104 valence electrons. The van der Waals surface area contributed by atoms with Gasteiger partial charge in [-0.1, -0.05) is 13.8 Å². The van der Waals surface area contributed by atoms with Crippen LogP contribution in [0.25, 0.3) is 0 Å². The quantitative estimate of drug-likeness (QED) is 0.807. The lowest BCUT2D eigenvalue weighted by molar-refractivity contribution is 0.153. The summed E-state index contributed by atoms with van der Waals surface area (Å²) >= 11 is 1.02. The standard InChI is InChI=1S/C10H16F2N2O2S2/c1-7(2)13-4-8-3-10(17-6-8)18(15,16)14-5-9(11)12/h3,6-7,9,13-14H,4-5H2,1-2H3. The van der Waals surface area contributed by atoms with Gasteiger partial charge in [0.1, 0.15) is 4.21 Å². The zero-order chi connectivity index (χ0) is 13.8. The van der Waals surface area contributed by atoms with Crippen LogP contribution in [0.4, 0.5) is 8.78 Å².